The number of fused-ring (bicyclic) bond motifs is 1. The van der Waals surface area contributed by atoms with Gasteiger partial charge in [0.25, 0.3) is 0 Å². The molecular formula is C18H12BrNO3. The minimum absolute atomic E-state index is 0.130. The van der Waals surface area contributed by atoms with E-state index in [2.05, 4.69) is 15.9 Å². The van der Waals surface area contributed by atoms with E-state index in [1.807, 2.05) is 29.2 Å². The van der Waals surface area contributed by atoms with Crippen molar-refractivity contribution in [2.45, 2.75) is 0 Å². The molecule has 2 aromatic carbocycles. The van der Waals surface area contributed by atoms with Gasteiger partial charge in [0.15, 0.2) is 18.3 Å². The van der Waals surface area contributed by atoms with Crippen LogP contribution in [0.5, 0.6) is 0 Å². The lowest BCUT2D eigenvalue weighted by molar-refractivity contribution is 0.0847. The largest absolute Gasteiger partial charge is 0.468 e. The molecule has 0 unspecified atom stereocenters. The highest BCUT2D eigenvalue weighted by molar-refractivity contribution is 9.10. The molecule has 114 valence electrons. The Morgan fingerprint density at radius 2 is 1.70 bits per heavy atom. The number of carbonyl (C=O) groups excluding carboxylic acids is 2. The quantitative estimate of drug-likeness (QED) is 0.770. The van der Waals surface area contributed by atoms with Crippen molar-refractivity contribution in [1.82, 2.24) is 0 Å². The van der Waals surface area contributed by atoms with Crippen molar-refractivity contribution in [3.8, 4) is 0 Å². The first-order valence-corrected chi connectivity index (χ1v) is 7.99. The van der Waals surface area contributed by atoms with E-state index in [1.165, 1.54) is 0 Å². The van der Waals surface area contributed by atoms with Gasteiger partial charge in [-0.3, -0.25) is 9.59 Å². The predicted octanol–water partition coefficient (Wildman–Crippen LogP) is 3.58. The van der Waals surface area contributed by atoms with Crippen LogP contribution in [-0.4, -0.2) is 24.8 Å². The number of Topliss-reactive ketones (excluding diaryl/α,β-unsaturated/α-hetero) is 2. The van der Waals surface area contributed by atoms with Gasteiger partial charge in [0.2, 0.25) is 5.78 Å². The zero-order valence-corrected chi connectivity index (χ0v) is 13.7. The lowest BCUT2D eigenvalue weighted by Crippen LogP contribution is -2.39. The number of hydrogen-bond donors (Lipinski definition) is 0. The summed E-state index contributed by atoms with van der Waals surface area (Å²) in [4.78, 5) is 27.2. The smallest absolute Gasteiger partial charge is 0.228 e. The molecule has 2 aromatic rings. The Balaban J connectivity index is 1.73. The average molecular weight is 370 g/mol. The molecule has 0 bridgehead atoms. The summed E-state index contributed by atoms with van der Waals surface area (Å²) in [5.41, 5.74) is 2.24. The Morgan fingerprint density at radius 3 is 2.43 bits per heavy atom. The van der Waals surface area contributed by atoms with E-state index in [0.717, 1.165) is 10.2 Å². The van der Waals surface area contributed by atoms with Crippen molar-refractivity contribution >= 4 is 33.2 Å². The maximum absolute atomic E-state index is 12.7. The monoisotopic (exact) mass is 369 g/mol. The third-order valence-electron chi connectivity index (χ3n) is 4.06. The van der Waals surface area contributed by atoms with Crippen LogP contribution in [0.2, 0.25) is 0 Å². The predicted molar refractivity (Wildman–Crippen MR) is 89.6 cm³/mol. The Labute approximate surface area is 141 Å². The number of anilines is 1. The van der Waals surface area contributed by atoms with Gasteiger partial charge in [-0.15, -0.1) is 0 Å². The number of carbonyl (C=O) groups is 2. The SMILES string of the molecule is O=C1C2=C(OCN(c3cccc(Br)c3)C2)C(=O)c2ccccc21. The van der Waals surface area contributed by atoms with Crippen molar-refractivity contribution < 1.29 is 14.3 Å². The van der Waals surface area contributed by atoms with Crippen LogP contribution in [0.4, 0.5) is 5.69 Å². The molecule has 0 radical (unpaired) electrons. The Hall–Kier alpha value is -2.40. The third kappa shape index (κ3) is 2.28. The van der Waals surface area contributed by atoms with E-state index in [9.17, 15) is 9.59 Å². The number of allylic oxidation sites excluding steroid dienone is 1. The van der Waals surface area contributed by atoms with Gasteiger partial charge >= 0.3 is 0 Å². The highest BCUT2D eigenvalue weighted by atomic mass is 79.9. The molecule has 0 N–H and O–H groups in total. The van der Waals surface area contributed by atoms with E-state index in [4.69, 9.17) is 4.74 Å². The molecule has 0 amide bonds. The second kappa shape index (κ2) is 5.35. The molecule has 2 aliphatic rings. The standard InChI is InChI=1S/C18H12BrNO3/c19-11-4-3-5-12(8-11)20-9-15-16(21)13-6-1-2-7-14(13)17(22)18(15)23-10-20/h1-8H,9-10H2. The molecular weight excluding hydrogens is 358 g/mol. The van der Waals surface area contributed by atoms with E-state index < -0.39 is 0 Å². The van der Waals surface area contributed by atoms with Crippen molar-refractivity contribution in [2.24, 2.45) is 0 Å². The maximum atomic E-state index is 12.7. The molecule has 0 aromatic heterocycles. The van der Waals surface area contributed by atoms with Crippen LogP contribution in [0.1, 0.15) is 20.7 Å². The van der Waals surface area contributed by atoms with Gasteiger partial charge in [-0.2, -0.15) is 0 Å². The Bertz CT molecular complexity index is 872. The van der Waals surface area contributed by atoms with Gasteiger partial charge in [0.05, 0.1) is 12.1 Å². The van der Waals surface area contributed by atoms with Crippen LogP contribution in [0.3, 0.4) is 0 Å². The molecule has 0 fully saturated rings. The molecule has 0 spiro atoms. The van der Waals surface area contributed by atoms with Gasteiger partial charge in [0.1, 0.15) is 0 Å². The van der Waals surface area contributed by atoms with Crippen LogP contribution < -0.4 is 4.90 Å². The molecule has 4 rings (SSSR count). The van der Waals surface area contributed by atoms with Crippen molar-refractivity contribution in [3.63, 3.8) is 0 Å². The first kappa shape index (κ1) is 14.2. The van der Waals surface area contributed by atoms with Crippen molar-refractivity contribution in [3.05, 3.63) is 75.5 Å². The summed E-state index contributed by atoms with van der Waals surface area (Å²) in [6.07, 6.45) is 0. The highest BCUT2D eigenvalue weighted by Crippen LogP contribution is 2.32. The normalized spacial score (nSPS) is 16.8. The molecule has 4 nitrogen and oxygen atoms in total. The number of ketones is 2. The zero-order valence-electron chi connectivity index (χ0n) is 12.1. The number of hydrogen-bond acceptors (Lipinski definition) is 4. The molecule has 1 heterocycles. The molecule has 0 atom stereocenters. The Morgan fingerprint density at radius 1 is 0.957 bits per heavy atom. The average Bonchev–Trinajstić information content (AvgIpc) is 2.59. The maximum Gasteiger partial charge on any atom is 0.228 e. The Kier molecular flexibility index (Phi) is 3.31. The third-order valence-corrected chi connectivity index (χ3v) is 4.55. The molecule has 5 heteroatoms. The number of ether oxygens (including phenoxy) is 1. The summed E-state index contributed by atoms with van der Waals surface area (Å²) in [5.74, 6) is -0.140. The van der Waals surface area contributed by atoms with Crippen molar-refractivity contribution in [1.29, 1.82) is 0 Å². The summed E-state index contributed by atoms with van der Waals surface area (Å²) >= 11 is 3.44. The second-order valence-electron chi connectivity index (χ2n) is 5.46. The molecule has 1 aliphatic carbocycles. The number of rotatable bonds is 1. The van der Waals surface area contributed by atoms with Gasteiger partial charge < -0.3 is 9.64 Å². The van der Waals surface area contributed by atoms with Gasteiger partial charge in [-0.05, 0) is 18.2 Å². The minimum Gasteiger partial charge on any atom is -0.468 e. The number of benzene rings is 2. The van der Waals surface area contributed by atoms with Crippen LogP contribution in [0.15, 0.2) is 64.3 Å². The van der Waals surface area contributed by atoms with Crippen LogP contribution in [0.25, 0.3) is 0 Å². The van der Waals surface area contributed by atoms with E-state index >= 15 is 0 Å². The summed E-state index contributed by atoms with van der Waals surface area (Å²) in [7, 11) is 0. The minimum atomic E-state index is -0.205. The fourth-order valence-electron chi connectivity index (χ4n) is 2.92. The molecule has 0 saturated heterocycles. The lowest BCUT2D eigenvalue weighted by atomic mass is 9.87. The summed E-state index contributed by atoms with van der Waals surface area (Å²) < 4.78 is 6.60. The first-order chi connectivity index (χ1) is 11.1. The van der Waals surface area contributed by atoms with Crippen LogP contribution in [0, 0.1) is 0 Å². The summed E-state index contributed by atoms with van der Waals surface area (Å²) in [5, 5.41) is 0. The number of nitrogens with zero attached hydrogens (tertiary/aromatic N) is 1. The highest BCUT2D eigenvalue weighted by Gasteiger charge is 2.36. The van der Waals surface area contributed by atoms with Crippen LogP contribution >= 0.6 is 15.9 Å². The van der Waals surface area contributed by atoms with E-state index in [0.29, 0.717) is 23.2 Å². The van der Waals surface area contributed by atoms with E-state index in [1.54, 1.807) is 24.3 Å². The van der Waals surface area contributed by atoms with Crippen LogP contribution in [-0.2, 0) is 4.74 Å². The molecule has 0 saturated carbocycles. The van der Waals surface area contributed by atoms with Gasteiger partial charge in [0, 0.05) is 21.3 Å². The molecule has 1 aliphatic heterocycles. The summed E-state index contributed by atoms with van der Waals surface area (Å²) in [6, 6.07) is 14.6. The van der Waals surface area contributed by atoms with Gasteiger partial charge in [-0.25, -0.2) is 0 Å². The fraction of sp³-hybridized carbons (Fsp3) is 0.111. The topological polar surface area (TPSA) is 46.6 Å². The molecule has 23 heavy (non-hydrogen) atoms. The number of halogens is 1. The van der Waals surface area contributed by atoms with E-state index in [-0.39, 0.29) is 24.1 Å². The lowest BCUT2D eigenvalue weighted by Gasteiger charge is -2.33. The zero-order chi connectivity index (χ0) is 16.0. The first-order valence-electron chi connectivity index (χ1n) is 7.20. The van der Waals surface area contributed by atoms with Crippen molar-refractivity contribution in [2.75, 3.05) is 18.2 Å². The second-order valence-corrected chi connectivity index (χ2v) is 6.38. The summed E-state index contributed by atoms with van der Waals surface area (Å²) in [6.45, 7) is 0.612. The fourth-order valence-corrected chi connectivity index (χ4v) is 3.31. The van der Waals surface area contributed by atoms with Gasteiger partial charge in [-0.1, -0.05) is 46.3 Å².